The van der Waals surface area contributed by atoms with Crippen molar-refractivity contribution < 1.29 is 9.53 Å². The van der Waals surface area contributed by atoms with Gasteiger partial charge in [0.1, 0.15) is 6.10 Å². The van der Waals surface area contributed by atoms with Gasteiger partial charge in [0, 0.05) is 64.5 Å². The normalized spacial score (nSPS) is 20.4. The summed E-state index contributed by atoms with van der Waals surface area (Å²) in [5.74, 6) is 0.998. The van der Waals surface area contributed by atoms with E-state index in [0.717, 1.165) is 58.7 Å². The fraction of sp³-hybridized carbons (Fsp3) is 0.647. The predicted octanol–water partition coefficient (Wildman–Crippen LogP) is 0.747. The van der Waals surface area contributed by atoms with E-state index in [1.54, 1.807) is 6.20 Å². The topological polar surface area (TPSA) is 57.7 Å². The van der Waals surface area contributed by atoms with E-state index in [1.807, 2.05) is 23.1 Å². The summed E-state index contributed by atoms with van der Waals surface area (Å²) in [4.78, 5) is 20.7. The average Bonchev–Trinajstić information content (AvgIpc) is 2.62. The first-order valence-electron chi connectivity index (χ1n) is 8.60. The maximum absolute atomic E-state index is 12.2. The molecular formula is C17H26N4O2. The zero-order valence-electron chi connectivity index (χ0n) is 13.6. The van der Waals surface area contributed by atoms with Crippen LogP contribution in [0.15, 0.2) is 24.4 Å². The van der Waals surface area contributed by atoms with Crippen molar-refractivity contribution in [2.45, 2.75) is 25.4 Å². The van der Waals surface area contributed by atoms with Crippen LogP contribution in [0.2, 0.25) is 0 Å². The monoisotopic (exact) mass is 318 g/mol. The van der Waals surface area contributed by atoms with Crippen molar-refractivity contribution >= 4 is 5.91 Å². The maximum atomic E-state index is 12.2. The van der Waals surface area contributed by atoms with Gasteiger partial charge in [-0.3, -0.25) is 4.79 Å². The Bertz CT molecular complexity index is 483. The molecule has 2 aliphatic heterocycles. The van der Waals surface area contributed by atoms with E-state index in [-0.39, 0.29) is 6.10 Å². The summed E-state index contributed by atoms with van der Waals surface area (Å²) in [6.07, 6.45) is 4.62. The molecule has 2 fully saturated rings. The van der Waals surface area contributed by atoms with Gasteiger partial charge < -0.3 is 19.9 Å². The summed E-state index contributed by atoms with van der Waals surface area (Å²) in [7, 11) is 0. The van der Waals surface area contributed by atoms with Crippen molar-refractivity contribution in [3.63, 3.8) is 0 Å². The van der Waals surface area contributed by atoms with Gasteiger partial charge in [0.25, 0.3) is 0 Å². The van der Waals surface area contributed by atoms with Crippen LogP contribution in [0.25, 0.3) is 0 Å². The molecule has 1 aromatic rings. The predicted molar refractivity (Wildman–Crippen MR) is 88.4 cm³/mol. The number of piperidine rings is 1. The number of piperazine rings is 1. The second kappa shape index (κ2) is 8.26. The Morgan fingerprint density at radius 2 is 2.00 bits per heavy atom. The van der Waals surface area contributed by atoms with E-state index in [4.69, 9.17) is 4.74 Å². The highest BCUT2D eigenvalue weighted by Crippen LogP contribution is 2.17. The highest BCUT2D eigenvalue weighted by Gasteiger charge is 2.22. The third-order valence-electron chi connectivity index (χ3n) is 4.57. The first-order chi connectivity index (χ1) is 11.3. The van der Waals surface area contributed by atoms with Crippen molar-refractivity contribution in [2.24, 2.45) is 0 Å². The minimum absolute atomic E-state index is 0.241. The molecule has 1 aromatic heterocycles. The molecule has 126 valence electrons. The van der Waals surface area contributed by atoms with E-state index in [9.17, 15) is 4.79 Å². The number of carbonyl (C=O) groups excluding carboxylic acids is 1. The number of hydrogen-bond donors (Lipinski definition) is 1. The van der Waals surface area contributed by atoms with Crippen LogP contribution in [0.1, 0.15) is 19.3 Å². The number of likely N-dealkylation sites (tertiary alicyclic amines) is 1. The highest BCUT2D eigenvalue weighted by atomic mass is 16.5. The number of hydrogen-bond acceptors (Lipinski definition) is 5. The van der Waals surface area contributed by atoms with E-state index in [2.05, 4.69) is 15.2 Å². The molecule has 0 spiro atoms. The van der Waals surface area contributed by atoms with Gasteiger partial charge in [-0.15, -0.1) is 0 Å². The van der Waals surface area contributed by atoms with Gasteiger partial charge in [-0.2, -0.15) is 0 Å². The average molecular weight is 318 g/mol. The van der Waals surface area contributed by atoms with Crippen molar-refractivity contribution in [3.8, 4) is 5.88 Å². The molecule has 0 radical (unpaired) electrons. The number of carbonyl (C=O) groups is 1. The molecule has 0 saturated carbocycles. The summed E-state index contributed by atoms with van der Waals surface area (Å²) in [6.45, 7) is 6.37. The van der Waals surface area contributed by atoms with Crippen LogP contribution in [0.5, 0.6) is 5.88 Å². The molecule has 3 rings (SSSR count). The molecule has 6 nitrogen and oxygen atoms in total. The van der Waals surface area contributed by atoms with Gasteiger partial charge >= 0.3 is 0 Å². The minimum Gasteiger partial charge on any atom is -0.474 e. The largest absolute Gasteiger partial charge is 0.474 e. The van der Waals surface area contributed by atoms with Crippen LogP contribution in [0.3, 0.4) is 0 Å². The maximum Gasteiger partial charge on any atom is 0.223 e. The fourth-order valence-electron chi connectivity index (χ4n) is 3.16. The number of ether oxygens (including phenoxy) is 1. The van der Waals surface area contributed by atoms with Crippen LogP contribution < -0.4 is 10.1 Å². The zero-order chi connectivity index (χ0) is 15.9. The zero-order valence-corrected chi connectivity index (χ0v) is 13.6. The molecule has 1 N–H and O–H groups in total. The number of pyridine rings is 1. The number of nitrogens with zero attached hydrogens (tertiary/aromatic N) is 3. The van der Waals surface area contributed by atoms with Gasteiger partial charge in [0.2, 0.25) is 11.8 Å². The molecule has 3 heterocycles. The molecule has 0 aromatic carbocycles. The summed E-state index contributed by atoms with van der Waals surface area (Å²) in [5, 5.41) is 3.28. The van der Waals surface area contributed by atoms with Crippen LogP contribution in [0, 0.1) is 0 Å². The van der Waals surface area contributed by atoms with Gasteiger partial charge in [-0.1, -0.05) is 6.07 Å². The SMILES string of the molecule is O=C(CCN1CCC(Oc2ccccn2)CC1)N1CCNCC1. The third kappa shape index (κ3) is 4.91. The third-order valence-corrected chi connectivity index (χ3v) is 4.57. The lowest BCUT2D eigenvalue weighted by Gasteiger charge is -2.33. The lowest BCUT2D eigenvalue weighted by atomic mass is 10.1. The second-order valence-corrected chi connectivity index (χ2v) is 6.21. The summed E-state index contributed by atoms with van der Waals surface area (Å²) >= 11 is 0. The highest BCUT2D eigenvalue weighted by molar-refractivity contribution is 5.76. The van der Waals surface area contributed by atoms with E-state index < -0.39 is 0 Å². The minimum atomic E-state index is 0.241. The Balaban J connectivity index is 1.35. The molecule has 23 heavy (non-hydrogen) atoms. The van der Waals surface area contributed by atoms with Crippen molar-refractivity contribution in [3.05, 3.63) is 24.4 Å². The quantitative estimate of drug-likeness (QED) is 0.868. The summed E-state index contributed by atoms with van der Waals surface area (Å²) in [6, 6.07) is 5.74. The Morgan fingerprint density at radius 3 is 2.70 bits per heavy atom. The smallest absolute Gasteiger partial charge is 0.223 e. The van der Waals surface area contributed by atoms with Crippen LogP contribution >= 0.6 is 0 Å². The van der Waals surface area contributed by atoms with Crippen molar-refractivity contribution in [2.75, 3.05) is 45.8 Å². The lowest BCUT2D eigenvalue weighted by Crippen LogP contribution is -2.47. The number of amides is 1. The fourth-order valence-corrected chi connectivity index (χ4v) is 3.16. The number of rotatable bonds is 5. The van der Waals surface area contributed by atoms with Gasteiger partial charge in [-0.05, 0) is 18.9 Å². The Labute approximate surface area is 137 Å². The van der Waals surface area contributed by atoms with Crippen molar-refractivity contribution in [1.29, 1.82) is 0 Å². The molecule has 2 aliphatic rings. The van der Waals surface area contributed by atoms with Crippen LogP contribution in [-0.4, -0.2) is 72.6 Å². The molecular weight excluding hydrogens is 292 g/mol. The van der Waals surface area contributed by atoms with Crippen molar-refractivity contribution in [1.82, 2.24) is 20.1 Å². The number of aromatic nitrogens is 1. The van der Waals surface area contributed by atoms with E-state index in [1.165, 1.54) is 0 Å². The molecule has 2 saturated heterocycles. The molecule has 0 atom stereocenters. The molecule has 1 amide bonds. The number of nitrogens with one attached hydrogen (secondary N) is 1. The van der Waals surface area contributed by atoms with Crippen LogP contribution in [-0.2, 0) is 4.79 Å². The first kappa shape index (κ1) is 16.2. The van der Waals surface area contributed by atoms with Gasteiger partial charge in [0.15, 0.2) is 0 Å². The van der Waals surface area contributed by atoms with E-state index >= 15 is 0 Å². The second-order valence-electron chi connectivity index (χ2n) is 6.21. The summed E-state index contributed by atoms with van der Waals surface area (Å²) in [5.41, 5.74) is 0. The van der Waals surface area contributed by atoms with Gasteiger partial charge in [0.05, 0.1) is 0 Å². The Morgan fingerprint density at radius 1 is 1.22 bits per heavy atom. The molecule has 0 bridgehead atoms. The molecule has 6 heteroatoms. The van der Waals surface area contributed by atoms with E-state index in [0.29, 0.717) is 18.2 Å². The molecule has 0 unspecified atom stereocenters. The Kier molecular flexibility index (Phi) is 5.82. The molecule has 0 aliphatic carbocycles. The van der Waals surface area contributed by atoms with Crippen LogP contribution in [0.4, 0.5) is 0 Å². The Hall–Kier alpha value is -1.66. The summed E-state index contributed by atoms with van der Waals surface area (Å²) < 4.78 is 5.90. The lowest BCUT2D eigenvalue weighted by molar-refractivity contribution is -0.132. The standard InChI is InChI=1S/C17H26N4O2/c22-17(21-13-8-18-9-14-21)6-12-20-10-4-15(5-11-20)23-16-3-1-2-7-19-16/h1-3,7,15,18H,4-6,8-14H2. The first-order valence-corrected chi connectivity index (χ1v) is 8.60. The van der Waals surface area contributed by atoms with Gasteiger partial charge in [-0.25, -0.2) is 4.98 Å².